The highest BCUT2D eigenvalue weighted by Gasteiger charge is 2.18. The third-order valence-electron chi connectivity index (χ3n) is 4.27. The number of carbonyl (C=O) groups excluding carboxylic acids is 1. The standard InChI is InChI=1S/C20H25N5O4S/c1-20(2,3)29-19(26)22-13-7-6-8-15(11-13)25-17-10-9-14(24(4)30(5,27)28)12-16(17)23-18(25)21/h6-12H,1-5H3,(H2,21,23)(H,22,26). The molecular weight excluding hydrogens is 406 g/mol. The van der Waals surface area contributed by atoms with E-state index in [-0.39, 0.29) is 5.95 Å². The van der Waals surface area contributed by atoms with Crippen LogP contribution in [0.5, 0.6) is 0 Å². The summed E-state index contributed by atoms with van der Waals surface area (Å²) in [5.41, 5.74) is 8.49. The second kappa shape index (κ2) is 7.52. The Morgan fingerprint density at radius 1 is 1.20 bits per heavy atom. The first-order valence-electron chi connectivity index (χ1n) is 9.17. The van der Waals surface area contributed by atoms with Crippen LogP contribution in [0, 0.1) is 0 Å². The topological polar surface area (TPSA) is 120 Å². The molecule has 9 nitrogen and oxygen atoms in total. The van der Waals surface area contributed by atoms with Gasteiger partial charge in [0, 0.05) is 12.7 Å². The molecule has 0 saturated heterocycles. The fourth-order valence-electron chi connectivity index (χ4n) is 2.89. The van der Waals surface area contributed by atoms with E-state index in [0.717, 1.165) is 6.26 Å². The molecule has 0 atom stereocenters. The third-order valence-corrected chi connectivity index (χ3v) is 5.48. The normalized spacial score (nSPS) is 12.0. The van der Waals surface area contributed by atoms with Crippen molar-refractivity contribution in [1.82, 2.24) is 9.55 Å². The van der Waals surface area contributed by atoms with Crippen LogP contribution in [0.4, 0.5) is 22.1 Å². The van der Waals surface area contributed by atoms with Gasteiger partial charge in [-0.2, -0.15) is 0 Å². The molecular formula is C20H25N5O4S. The number of rotatable bonds is 4. The van der Waals surface area contributed by atoms with Crippen LogP contribution in [0.15, 0.2) is 42.5 Å². The Kier molecular flexibility index (Phi) is 5.38. The van der Waals surface area contributed by atoms with Crippen LogP contribution < -0.4 is 15.4 Å². The van der Waals surface area contributed by atoms with Gasteiger partial charge in [0.2, 0.25) is 16.0 Å². The molecule has 1 aromatic heterocycles. The van der Waals surface area contributed by atoms with Gasteiger partial charge in [-0.05, 0) is 57.2 Å². The number of nitrogens with zero attached hydrogens (tertiary/aromatic N) is 3. The van der Waals surface area contributed by atoms with Crippen LogP contribution in [0.2, 0.25) is 0 Å². The van der Waals surface area contributed by atoms with Crippen LogP contribution in [0.3, 0.4) is 0 Å². The Morgan fingerprint density at radius 2 is 1.90 bits per heavy atom. The highest BCUT2D eigenvalue weighted by Crippen LogP contribution is 2.28. The second-order valence-electron chi connectivity index (χ2n) is 7.89. The molecule has 2 aromatic carbocycles. The molecule has 0 saturated carbocycles. The summed E-state index contributed by atoms with van der Waals surface area (Å²) in [5, 5.41) is 2.70. The molecule has 0 aliphatic rings. The molecule has 0 spiro atoms. The largest absolute Gasteiger partial charge is 0.444 e. The van der Waals surface area contributed by atoms with Crippen molar-refractivity contribution in [3.05, 3.63) is 42.5 Å². The lowest BCUT2D eigenvalue weighted by Crippen LogP contribution is -2.27. The highest BCUT2D eigenvalue weighted by molar-refractivity contribution is 7.92. The Bertz CT molecular complexity index is 1210. The van der Waals surface area contributed by atoms with Gasteiger partial charge in [-0.1, -0.05) is 6.07 Å². The lowest BCUT2D eigenvalue weighted by atomic mass is 10.2. The average Bonchev–Trinajstić information content (AvgIpc) is 2.93. The van der Waals surface area contributed by atoms with E-state index in [4.69, 9.17) is 10.5 Å². The summed E-state index contributed by atoms with van der Waals surface area (Å²) in [4.78, 5) is 16.4. The number of fused-ring (bicyclic) bond motifs is 1. The number of nitrogen functional groups attached to an aromatic ring is 1. The summed E-state index contributed by atoms with van der Waals surface area (Å²) in [5.74, 6) is 0.235. The molecule has 0 bridgehead atoms. The van der Waals surface area contributed by atoms with Crippen LogP contribution in [0.25, 0.3) is 16.7 Å². The van der Waals surface area contributed by atoms with E-state index in [1.165, 1.54) is 11.4 Å². The average molecular weight is 432 g/mol. The molecule has 0 aliphatic heterocycles. The molecule has 3 N–H and O–H groups in total. The van der Waals surface area contributed by atoms with E-state index in [1.54, 1.807) is 61.7 Å². The zero-order valence-electron chi connectivity index (χ0n) is 17.5. The van der Waals surface area contributed by atoms with Crippen LogP contribution in [-0.2, 0) is 14.8 Å². The number of aromatic nitrogens is 2. The first-order valence-corrected chi connectivity index (χ1v) is 11.0. The number of benzene rings is 2. The van der Waals surface area contributed by atoms with Crippen molar-refractivity contribution in [3.8, 4) is 5.69 Å². The Labute approximate surface area is 175 Å². The van der Waals surface area contributed by atoms with Gasteiger partial charge in [0.1, 0.15) is 5.60 Å². The first-order chi connectivity index (χ1) is 13.8. The molecule has 0 fully saturated rings. The number of nitrogens with two attached hydrogens (primary N) is 1. The van der Waals surface area contributed by atoms with Crippen molar-refractivity contribution < 1.29 is 17.9 Å². The minimum absolute atomic E-state index is 0.235. The number of anilines is 3. The summed E-state index contributed by atoms with van der Waals surface area (Å²) in [6.45, 7) is 5.37. The molecule has 30 heavy (non-hydrogen) atoms. The van der Waals surface area contributed by atoms with Gasteiger partial charge >= 0.3 is 6.09 Å². The van der Waals surface area contributed by atoms with Gasteiger partial charge in [-0.3, -0.25) is 14.2 Å². The summed E-state index contributed by atoms with van der Waals surface area (Å²) < 4.78 is 31.8. The lowest BCUT2D eigenvalue weighted by Gasteiger charge is -2.20. The summed E-state index contributed by atoms with van der Waals surface area (Å²) in [6, 6.07) is 12.2. The van der Waals surface area contributed by atoms with Crippen molar-refractivity contribution in [2.45, 2.75) is 26.4 Å². The zero-order chi connectivity index (χ0) is 22.3. The Hall–Kier alpha value is -3.27. The second-order valence-corrected chi connectivity index (χ2v) is 9.90. The van der Waals surface area contributed by atoms with Gasteiger partial charge in [0.25, 0.3) is 0 Å². The van der Waals surface area contributed by atoms with E-state index < -0.39 is 21.7 Å². The minimum atomic E-state index is -3.39. The third kappa shape index (κ3) is 4.65. The summed E-state index contributed by atoms with van der Waals surface area (Å²) >= 11 is 0. The number of carbonyl (C=O) groups is 1. The van der Waals surface area contributed by atoms with Crippen molar-refractivity contribution in [3.63, 3.8) is 0 Å². The monoisotopic (exact) mass is 431 g/mol. The SMILES string of the molecule is CN(c1ccc2c(c1)nc(N)n2-c1cccc(NC(=O)OC(C)(C)C)c1)S(C)(=O)=O. The molecule has 1 heterocycles. The maximum atomic E-state index is 12.1. The van der Waals surface area contributed by atoms with Crippen LogP contribution in [0.1, 0.15) is 20.8 Å². The van der Waals surface area contributed by atoms with E-state index in [0.29, 0.717) is 28.1 Å². The Morgan fingerprint density at radius 3 is 2.53 bits per heavy atom. The van der Waals surface area contributed by atoms with Crippen molar-refractivity contribution >= 4 is 44.5 Å². The van der Waals surface area contributed by atoms with Crippen molar-refractivity contribution in [1.29, 1.82) is 0 Å². The van der Waals surface area contributed by atoms with E-state index in [2.05, 4.69) is 10.3 Å². The maximum Gasteiger partial charge on any atom is 0.412 e. The molecule has 1 amide bonds. The molecule has 0 aliphatic carbocycles. The predicted molar refractivity (Wildman–Crippen MR) is 119 cm³/mol. The fraction of sp³-hybridized carbons (Fsp3) is 0.300. The lowest BCUT2D eigenvalue weighted by molar-refractivity contribution is 0.0636. The molecule has 0 unspecified atom stereocenters. The number of hydrogen-bond acceptors (Lipinski definition) is 6. The van der Waals surface area contributed by atoms with Crippen LogP contribution in [-0.4, -0.2) is 43.0 Å². The number of hydrogen-bond donors (Lipinski definition) is 2. The molecule has 3 rings (SSSR count). The van der Waals surface area contributed by atoms with Crippen molar-refractivity contribution in [2.24, 2.45) is 0 Å². The molecule has 10 heteroatoms. The van der Waals surface area contributed by atoms with E-state index in [1.807, 2.05) is 6.07 Å². The van der Waals surface area contributed by atoms with Crippen LogP contribution >= 0.6 is 0 Å². The predicted octanol–water partition coefficient (Wildman–Crippen LogP) is 3.35. The molecule has 3 aromatic rings. The summed E-state index contributed by atoms with van der Waals surface area (Å²) in [7, 11) is -1.92. The van der Waals surface area contributed by atoms with Gasteiger partial charge in [0.05, 0.1) is 28.7 Å². The van der Waals surface area contributed by atoms with Gasteiger partial charge < -0.3 is 10.5 Å². The smallest absolute Gasteiger partial charge is 0.412 e. The fourth-order valence-corrected chi connectivity index (χ4v) is 3.39. The number of imidazole rings is 1. The van der Waals surface area contributed by atoms with Gasteiger partial charge in [0.15, 0.2) is 0 Å². The molecule has 0 radical (unpaired) electrons. The summed E-state index contributed by atoms with van der Waals surface area (Å²) in [6.07, 6.45) is 0.574. The minimum Gasteiger partial charge on any atom is -0.444 e. The number of ether oxygens (including phenoxy) is 1. The first kappa shape index (κ1) is 21.4. The Balaban J connectivity index is 1.97. The quantitative estimate of drug-likeness (QED) is 0.654. The number of nitrogens with one attached hydrogen (secondary N) is 1. The molecule has 160 valence electrons. The zero-order valence-corrected chi connectivity index (χ0v) is 18.3. The highest BCUT2D eigenvalue weighted by atomic mass is 32.2. The maximum absolute atomic E-state index is 12.1. The van der Waals surface area contributed by atoms with Crippen molar-refractivity contribution in [2.75, 3.05) is 28.7 Å². The number of amides is 1. The van der Waals surface area contributed by atoms with Gasteiger partial charge in [-0.25, -0.2) is 18.2 Å². The van der Waals surface area contributed by atoms with E-state index >= 15 is 0 Å². The van der Waals surface area contributed by atoms with E-state index in [9.17, 15) is 13.2 Å². The number of sulfonamides is 1. The van der Waals surface area contributed by atoms with Gasteiger partial charge in [-0.15, -0.1) is 0 Å².